The fraction of sp³-hybridized carbons (Fsp3) is 0.385. The van der Waals surface area contributed by atoms with Crippen molar-refractivity contribution in [2.45, 2.75) is 59.3 Å². The van der Waals surface area contributed by atoms with Crippen LogP contribution < -0.4 is 10.1 Å². The molecule has 164 valence electrons. The molecule has 1 heterocycles. The highest BCUT2D eigenvalue weighted by Crippen LogP contribution is 2.29. The van der Waals surface area contributed by atoms with E-state index in [2.05, 4.69) is 30.2 Å². The number of aliphatic imine (C=N–C) groups is 1. The van der Waals surface area contributed by atoms with Crippen LogP contribution in [0.3, 0.4) is 0 Å². The molecule has 0 aromatic heterocycles. The minimum Gasteiger partial charge on any atom is -0.494 e. The number of thioether (sulfide) groups is 1. The first-order valence-electron chi connectivity index (χ1n) is 11.1. The van der Waals surface area contributed by atoms with Crippen LogP contribution in [0.2, 0.25) is 0 Å². The number of carbonyl (C=O) groups is 1. The molecule has 0 spiro atoms. The molecule has 1 aliphatic heterocycles. The van der Waals surface area contributed by atoms with E-state index in [1.165, 1.54) is 49.4 Å². The first-order valence-corrected chi connectivity index (χ1v) is 12.0. The zero-order valence-electron chi connectivity index (χ0n) is 18.7. The van der Waals surface area contributed by atoms with Crippen LogP contribution in [0.15, 0.2) is 52.4 Å². The van der Waals surface area contributed by atoms with Gasteiger partial charge < -0.3 is 10.1 Å². The molecule has 1 N–H and O–H groups in total. The second kappa shape index (κ2) is 11.8. The second-order valence-corrected chi connectivity index (χ2v) is 8.99. The summed E-state index contributed by atoms with van der Waals surface area (Å²) in [5.41, 5.74) is 4.14. The first kappa shape index (κ1) is 23.1. The third-order valence-electron chi connectivity index (χ3n) is 5.17. The zero-order chi connectivity index (χ0) is 22.1. The van der Waals surface area contributed by atoms with Crippen LogP contribution in [0.25, 0.3) is 6.08 Å². The molecule has 1 aliphatic rings. The van der Waals surface area contributed by atoms with Crippen molar-refractivity contribution in [1.82, 2.24) is 5.32 Å². The number of benzene rings is 2. The van der Waals surface area contributed by atoms with Gasteiger partial charge in [-0.1, -0.05) is 68.9 Å². The van der Waals surface area contributed by atoms with Crippen LogP contribution in [0.5, 0.6) is 5.75 Å². The number of ether oxygens (including phenoxy) is 1. The molecule has 0 bridgehead atoms. The van der Waals surface area contributed by atoms with Crippen molar-refractivity contribution in [2.75, 3.05) is 6.61 Å². The van der Waals surface area contributed by atoms with Gasteiger partial charge in [0.2, 0.25) is 0 Å². The Bertz CT molecular complexity index is 948. The first-order chi connectivity index (χ1) is 15.0. The van der Waals surface area contributed by atoms with Crippen molar-refractivity contribution < 1.29 is 9.53 Å². The van der Waals surface area contributed by atoms with E-state index in [1.807, 2.05) is 49.4 Å². The molecule has 0 aliphatic carbocycles. The number of nitrogens with zero attached hydrogens (tertiary/aromatic N) is 1. The molecular weight excluding hydrogens is 404 g/mol. The number of nitrogens with one attached hydrogen (secondary N) is 1. The lowest BCUT2D eigenvalue weighted by molar-refractivity contribution is -0.115. The van der Waals surface area contributed by atoms with E-state index in [0.29, 0.717) is 10.1 Å². The molecule has 1 amide bonds. The van der Waals surface area contributed by atoms with Gasteiger partial charge in [-0.05, 0) is 67.4 Å². The van der Waals surface area contributed by atoms with Gasteiger partial charge >= 0.3 is 0 Å². The normalized spacial score (nSPS) is 16.2. The summed E-state index contributed by atoms with van der Waals surface area (Å²) >= 11 is 1.37. The Morgan fingerprint density at radius 1 is 1.00 bits per heavy atom. The second-order valence-electron chi connectivity index (χ2n) is 7.96. The molecule has 1 fully saturated rings. The van der Waals surface area contributed by atoms with Crippen molar-refractivity contribution in [3.05, 3.63) is 64.1 Å². The van der Waals surface area contributed by atoms with Gasteiger partial charge in [-0.25, -0.2) is 4.99 Å². The Balaban J connectivity index is 1.53. The van der Waals surface area contributed by atoms with Crippen molar-refractivity contribution in [3.8, 4) is 5.75 Å². The van der Waals surface area contributed by atoms with E-state index in [1.54, 1.807) is 0 Å². The molecule has 31 heavy (non-hydrogen) atoms. The predicted molar refractivity (Wildman–Crippen MR) is 132 cm³/mol. The summed E-state index contributed by atoms with van der Waals surface area (Å²) in [6, 6.07) is 14.0. The van der Waals surface area contributed by atoms with E-state index >= 15 is 0 Å². The predicted octanol–water partition coefficient (Wildman–Crippen LogP) is 6.93. The van der Waals surface area contributed by atoms with E-state index in [9.17, 15) is 4.79 Å². The topological polar surface area (TPSA) is 50.7 Å². The molecule has 0 atom stereocenters. The minimum atomic E-state index is -0.114. The number of amidine groups is 1. The summed E-state index contributed by atoms with van der Waals surface area (Å²) in [6.45, 7) is 7.07. The quantitative estimate of drug-likeness (QED) is 0.324. The van der Waals surface area contributed by atoms with Crippen LogP contribution in [0, 0.1) is 13.8 Å². The number of aryl methyl sites for hydroxylation is 2. The highest BCUT2D eigenvalue weighted by Gasteiger charge is 2.23. The van der Waals surface area contributed by atoms with Gasteiger partial charge in [0.1, 0.15) is 5.75 Å². The summed E-state index contributed by atoms with van der Waals surface area (Å²) in [6.07, 6.45) is 9.42. The number of hydrogen-bond donors (Lipinski definition) is 1. The third-order valence-corrected chi connectivity index (χ3v) is 6.08. The largest absolute Gasteiger partial charge is 0.494 e. The smallest absolute Gasteiger partial charge is 0.264 e. The van der Waals surface area contributed by atoms with E-state index < -0.39 is 0 Å². The van der Waals surface area contributed by atoms with Gasteiger partial charge in [-0.3, -0.25) is 4.79 Å². The minimum absolute atomic E-state index is 0.114. The Morgan fingerprint density at radius 2 is 1.74 bits per heavy atom. The number of unbranched alkanes of at least 4 members (excludes halogenated alkanes) is 5. The average molecular weight is 437 g/mol. The number of carbonyl (C=O) groups excluding carboxylic acids is 1. The lowest BCUT2D eigenvalue weighted by Gasteiger charge is -2.06. The van der Waals surface area contributed by atoms with E-state index in [4.69, 9.17) is 4.74 Å². The molecular formula is C26H32N2O2S. The van der Waals surface area contributed by atoms with Crippen LogP contribution in [0.1, 0.15) is 62.1 Å². The lowest BCUT2D eigenvalue weighted by Crippen LogP contribution is -2.19. The summed E-state index contributed by atoms with van der Waals surface area (Å²) in [5.74, 6) is 0.758. The summed E-state index contributed by atoms with van der Waals surface area (Å²) < 4.78 is 5.84. The highest BCUT2D eigenvalue weighted by atomic mass is 32.2. The monoisotopic (exact) mass is 436 g/mol. The maximum atomic E-state index is 12.3. The van der Waals surface area contributed by atoms with Crippen LogP contribution in [-0.4, -0.2) is 17.7 Å². The van der Waals surface area contributed by atoms with Gasteiger partial charge in [-0.15, -0.1) is 0 Å². The Kier molecular flexibility index (Phi) is 8.77. The van der Waals surface area contributed by atoms with Crippen molar-refractivity contribution >= 4 is 34.6 Å². The standard InChI is InChI=1S/C26H32N2O2S/c1-4-5-6-7-8-9-16-30-22-13-11-21(12-14-22)18-24-25(29)28-26(31-24)27-23-15-10-19(2)17-20(23)3/h10-15,17-18H,4-9,16H2,1-3H3,(H,27,28,29). The Hall–Kier alpha value is -2.53. The molecule has 0 radical (unpaired) electrons. The van der Waals surface area contributed by atoms with Crippen LogP contribution in [-0.2, 0) is 4.79 Å². The van der Waals surface area contributed by atoms with Crippen LogP contribution in [0.4, 0.5) is 5.69 Å². The van der Waals surface area contributed by atoms with Gasteiger partial charge in [0.05, 0.1) is 17.2 Å². The maximum Gasteiger partial charge on any atom is 0.264 e. The number of rotatable bonds is 10. The fourth-order valence-corrected chi connectivity index (χ4v) is 4.24. The zero-order valence-corrected chi connectivity index (χ0v) is 19.6. The molecule has 0 saturated carbocycles. The van der Waals surface area contributed by atoms with E-state index in [-0.39, 0.29) is 5.91 Å². The van der Waals surface area contributed by atoms with E-state index in [0.717, 1.165) is 35.6 Å². The number of hydrogen-bond acceptors (Lipinski definition) is 4. The molecule has 3 rings (SSSR count). The number of amides is 1. The van der Waals surface area contributed by atoms with Crippen LogP contribution >= 0.6 is 11.8 Å². The Morgan fingerprint density at radius 3 is 2.48 bits per heavy atom. The third kappa shape index (κ3) is 7.28. The molecule has 2 aromatic rings. The summed E-state index contributed by atoms with van der Waals surface area (Å²) in [4.78, 5) is 17.6. The van der Waals surface area contributed by atoms with Crippen molar-refractivity contribution in [1.29, 1.82) is 0 Å². The highest BCUT2D eigenvalue weighted by molar-refractivity contribution is 8.18. The van der Waals surface area contributed by atoms with Gasteiger partial charge in [0, 0.05) is 0 Å². The maximum absolute atomic E-state index is 12.3. The molecule has 4 nitrogen and oxygen atoms in total. The van der Waals surface area contributed by atoms with Gasteiger partial charge in [-0.2, -0.15) is 0 Å². The van der Waals surface area contributed by atoms with Gasteiger partial charge in [0.25, 0.3) is 5.91 Å². The fourth-order valence-electron chi connectivity index (χ4n) is 3.40. The van der Waals surface area contributed by atoms with Gasteiger partial charge in [0.15, 0.2) is 5.17 Å². The average Bonchev–Trinajstić information content (AvgIpc) is 3.09. The Labute approximate surface area is 190 Å². The summed E-state index contributed by atoms with van der Waals surface area (Å²) in [5, 5.41) is 3.47. The van der Waals surface area contributed by atoms with Crippen molar-refractivity contribution in [3.63, 3.8) is 0 Å². The summed E-state index contributed by atoms with van der Waals surface area (Å²) in [7, 11) is 0. The van der Waals surface area contributed by atoms with Crippen molar-refractivity contribution in [2.24, 2.45) is 4.99 Å². The SMILES string of the molecule is CCCCCCCCOc1ccc(C=C2SC(=Nc3ccc(C)cc3C)NC2=O)cc1. The molecule has 1 saturated heterocycles. The molecule has 2 aromatic carbocycles. The molecule has 5 heteroatoms. The lowest BCUT2D eigenvalue weighted by atomic mass is 10.1. The molecule has 0 unspecified atom stereocenters.